The average molecular weight is 235 g/mol. The molecule has 0 aromatic heterocycles. The molecule has 1 amide bonds. The maximum absolute atomic E-state index is 13.2. The van der Waals surface area contributed by atoms with Gasteiger partial charge in [0.1, 0.15) is 5.92 Å². The SMILES string of the molecule is CNC(=O)C(/C(F)=N/O)C(C)(C)C[N+](=O)[O-]. The topological polar surface area (TPSA) is 105 Å². The molecule has 0 spiro atoms. The highest BCUT2D eigenvalue weighted by Gasteiger charge is 2.43. The molecule has 1 unspecified atom stereocenters. The summed E-state index contributed by atoms with van der Waals surface area (Å²) in [5, 5.41) is 23.2. The number of nitro groups is 1. The van der Waals surface area contributed by atoms with Crippen molar-refractivity contribution in [2.75, 3.05) is 13.6 Å². The molecule has 16 heavy (non-hydrogen) atoms. The number of halogens is 1. The first-order chi connectivity index (χ1) is 7.26. The van der Waals surface area contributed by atoms with Crippen LogP contribution in [0.15, 0.2) is 5.16 Å². The van der Waals surface area contributed by atoms with Crippen molar-refractivity contribution in [1.29, 1.82) is 0 Å². The average Bonchev–Trinajstić information content (AvgIpc) is 2.14. The van der Waals surface area contributed by atoms with E-state index in [1.54, 1.807) is 0 Å². The minimum atomic E-state index is -1.49. The first-order valence-corrected chi connectivity index (χ1v) is 4.47. The lowest BCUT2D eigenvalue weighted by atomic mass is 9.78. The molecule has 0 fully saturated rings. The van der Waals surface area contributed by atoms with Crippen LogP contribution in [0.25, 0.3) is 0 Å². The summed E-state index contributed by atoms with van der Waals surface area (Å²) in [4.78, 5) is 21.1. The summed E-state index contributed by atoms with van der Waals surface area (Å²) in [5.74, 6) is -3.61. The van der Waals surface area contributed by atoms with Crippen molar-refractivity contribution in [2.24, 2.45) is 16.5 Å². The highest BCUT2D eigenvalue weighted by molar-refractivity contribution is 6.00. The molecular formula is C8H14FN3O4. The fourth-order valence-electron chi connectivity index (χ4n) is 1.41. The second-order valence-electron chi connectivity index (χ2n) is 3.95. The monoisotopic (exact) mass is 235 g/mol. The van der Waals surface area contributed by atoms with Gasteiger partial charge in [-0.2, -0.15) is 4.39 Å². The Kier molecular flexibility index (Phi) is 4.80. The zero-order chi connectivity index (χ0) is 12.9. The highest BCUT2D eigenvalue weighted by atomic mass is 19.1. The summed E-state index contributed by atoms with van der Waals surface area (Å²) < 4.78 is 13.2. The number of nitrogens with one attached hydrogen (secondary N) is 1. The van der Waals surface area contributed by atoms with Gasteiger partial charge in [-0.1, -0.05) is 19.0 Å². The van der Waals surface area contributed by atoms with Crippen LogP contribution in [-0.2, 0) is 4.79 Å². The van der Waals surface area contributed by atoms with Crippen molar-refractivity contribution in [3.05, 3.63) is 10.1 Å². The molecule has 0 aliphatic carbocycles. The van der Waals surface area contributed by atoms with Gasteiger partial charge in [-0.25, -0.2) is 0 Å². The van der Waals surface area contributed by atoms with Gasteiger partial charge >= 0.3 is 0 Å². The third-order valence-corrected chi connectivity index (χ3v) is 2.16. The van der Waals surface area contributed by atoms with Crippen LogP contribution in [0.1, 0.15) is 13.8 Å². The number of carbonyl (C=O) groups excluding carboxylic acids is 1. The Morgan fingerprint density at radius 1 is 1.69 bits per heavy atom. The van der Waals surface area contributed by atoms with Crippen LogP contribution < -0.4 is 5.32 Å². The number of hydrogen-bond acceptors (Lipinski definition) is 5. The van der Waals surface area contributed by atoms with Gasteiger partial charge in [0.05, 0.1) is 0 Å². The molecule has 0 rings (SSSR count). The largest absolute Gasteiger partial charge is 0.409 e. The van der Waals surface area contributed by atoms with Gasteiger partial charge in [-0.05, 0) is 0 Å². The van der Waals surface area contributed by atoms with E-state index in [-0.39, 0.29) is 0 Å². The lowest BCUT2D eigenvalue weighted by Crippen LogP contribution is -2.44. The van der Waals surface area contributed by atoms with Crippen molar-refractivity contribution >= 4 is 11.9 Å². The minimum Gasteiger partial charge on any atom is -0.409 e. The Morgan fingerprint density at radius 3 is 2.50 bits per heavy atom. The van der Waals surface area contributed by atoms with Crippen LogP contribution in [0.4, 0.5) is 4.39 Å². The fourth-order valence-corrected chi connectivity index (χ4v) is 1.41. The van der Waals surface area contributed by atoms with Crippen molar-refractivity contribution in [3.63, 3.8) is 0 Å². The maximum atomic E-state index is 13.2. The van der Waals surface area contributed by atoms with Crippen molar-refractivity contribution in [1.82, 2.24) is 5.32 Å². The van der Waals surface area contributed by atoms with E-state index >= 15 is 0 Å². The number of hydrogen-bond donors (Lipinski definition) is 2. The van der Waals surface area contributed by atoms with E-state index in [0.29, 0.717) is 0 Å². The molecule has 0 aliphatic heterocycles. The molecule has 92 valence electrons. The standard InChI is InChI=1S/C8H14FN3O4/c1-8(2,4-12(15)16)5(6(9)11-14)7(13)10-3/h5,14H,4H2,1-3H3,(H,10,13)/b11-6-. The minimum absolute atomic E-state index is 0.617. The third-order valence-electron chi connectivity index (χ3n) is 2.16. The fraction of sp³-hybridized carbons (Fsp3) is 0.750. The van der Waals surface area contributed by atoms with Crippen LogP contribution in [-0.4, -0.2) is 35.6 Å². The molecular weight excluding hydrogens is 221 g/mol. The Hall–Kier alpha value is -1.73. The molecule has 7 nitrogen and oxygen atoms in total. The number of nitrogens with zero attached hydrogens (tertiary/aromatic N) is 2. The molecule has 0 saturated heterocycles. The Morgan fingerprint density at radius 2 is 2.19 bits per heavy atom. The van der Waals surface area contributed by atoms with E-state index in [9.17, 15) is 19.3 Å². The van der Waals surface area contributed by atoms with Gasteiger partial charge in [0, 0.05) is 17.4 Å². The van der Waals surface area contributed by atoms with E-state index in [1.165, 1.54) is 20.9 Å². The van der Waals surface area contributed by atoms with Gasteiger partial charge < -0.3 is 10.5 Å². The van der Waals surface area contributed by atoms with Crippen molar-refractivity contribution in [3.8, 4) is 0 Å². The summed E-state index contributed by atoms with van der Waals surface area (Å²) in [6.07, 6.45) is 0. The summed E-state index contributed by atoms with van der Waals surface area (Å²) >= 11 is 0. The first kappa shape index (κ1) is 14.3. The quantitative estimate of drug-likeness (QED) is 0.311. The van der Waals surface area contributed by atoms with Gasteiger partial charge in [0.15, 0.2) is 0 Å². The number of oxime groups is 1. The highest BCUT2D eigenvalue weighted by Crippen LogP contribution is 2.29. The van der Waals surface area contributed by atoms with E-state index < -0.39 is 34.7 Å². The van der Waals surface area contributed by atoms with Crippen LogP contribution in [0.5, 0.6) is 0 Å². The molecule has 1 atom stereocenters. The second kappa shape index (κ2) is 5.38. The van der Waals surface area contributed by atoms with E-state index in [0.717, 1.165) is 0 Å². The molecule has 0 radical (unpaired) electrons. The Labute approximate surface area is 91.5 Å². The molecule has 0 bridgehead atoms. The van der Waals surface area contributed by atoms with Gasteiger partial charge in [-0.3, -0.25) is 14.9 Å². The van der Waals surface area contributed by atoms with Gasteiger partial charge in [0.2, 0.25) is 18.4 Å². The van der Waals surface area contributed by atoms with Crippen LogP contribution in [0, 0.1) is 21.4 Å². The first-order valence-electron chi connectivity index (χ1n) is 4.47. The molecule has 0 saturated carbocycles. The van der Waals surface area contributed by atoms with E-state index in [2.05, 4.69) is 10.5 Å². The van der Waals surface area contributed by atoms with Crippen LogP contribution in [0.2, 0.25) is 0 Å². The van der Waals surface area contributed by atoms with E-state index in [4.69, 9.17) is 5.21 Å². The molecule has 8 heteroatoms. The number of carbonyl (C=O) groups is 1. The predicted octanol–water partition coefficient (Wildman–Crippen LogP) is 0.409. The summed E-state index contributed by atoms with van der Waals surface area (Å²) in [5.41, 5.74) is -1.29. The zero-order valence-electron chi connectivity index (χ0n) is 9.23. The third kappa shape index (κ3) is 3.44. The zero-order valence-corrected chi connectivity index (χ0v) is 9.23. The molecule has 0 heterocycles. The lowest BCUT2D eigenvalue weighted by Gasteiger charge is -2.26. The number of amides is 1. The van der Waals surface area contributed by atoms with Gasteiger partial charge in [0.25, 0.3) is 0 Å². The molecule has 0 aromatic carbocycles. The normalized spacial score (nSPS) is 14.4. The maximum Gasteiger partial charge on any atom is 0.239 e. The summed E-state index contributed by atoms with van der Waals surface area (Å²) in [7, 11) is 1.27. The second-order valence-corrected chi connectivity index (χ2v) is 3.95. The summed E-state index contributed by atoms with van der Waals surface area (Å²) in [6, 6.07) is 0. The molecule has 0 aliphatic rings. The number of rotatable bonds is 5. The molecule has 0 aromatic rings. The van der Waals surface area contributed by atoms with Crippen molar-refractivity contribution in [2.45, 2.75) is 13.8 Å². The molecule has 2 N–H and O–H groups in total. The predicted molar refractivity (Wildman–Crippen MR) is 53.5 cm³/mol. The Bertz CT molecular complexity index is 316. The smallest absolute Gasteiger partial charge is 0.239 e. The van der Waals surface area contributed by atoms with Crippen LogP contribution in [0.3, 0.4) is 0 Å². The summed E-state index contributed by atoms with van der Waals surface area (Å²) in [6.45, 7) is 2.08. The van der Waals surface area contributed by atoms with Crippen LogP contribution >= 0.6 is 0 Å². The lowest BCUT2D eigenvalue weighted by molar-refractivity contribution is -0.496. The van der Waals surface area contributed by atoms with E-state index in [1.807, 2.05) is 0 Å². The van der Waals surface area contributed by atoms with Gasteiger partial charge in [-0.15, -0.1) is 0 Å². The Balaban J connectivity index is 5.17. The van der Waals surface area contributed by atoms with Crippen molar-refractivity contribution < 1.29 is 19.3 Å².